The minimum absolute atomic E-state index is 0.285. The minimum Gasteiger partial charge on any atom is -0.193 e. The van der Waals surface area contributed by atoms with Crippen molar-refractivity contribution in [1.29, 1.82) is 5.26 Å². The smallest absolute Gasteiger partial charge is 0.0915 e. The summed E-state index contributed by atoms with van der Waals surface area (Å²) in [4.78, 5) is 0. The van der Waals surface area contributed by atoms with E-state index in [4.69, 9.17) is 0 Å². The molecule has 2 fully saturated rings. The largest absolute Gasteiger partial charge is 0.193 e. The van der Waals surface area contributed by atoms with Crippen molar-refractivity contribution in [3.8, 4) is 6.07 Å². The van der Waals surface area contributed by atoms with Crippen LogP contribution in [-0.4, -0.2) is 0 Å². The molecule has 0 spiro atoms. The van der Waals surface area contributed by atoms with Gasteiger partial charge in [0, 0.05) is 6.08 Å². The van der Waals surface area contributed by atoms with Crippen LogP contribution in [0.4, 0.5) is 0 Å². The number of allylic oxidation sites excluding steroid dienone is 2. The molecule has 1 heteroatoms. The molecule has 0 unspecified atom stereocenters. The van der Waals surface area contributed by atoms with Gasteiger partial charge in [-0.15, -0.1) is 0 Å². The highest BCUT2D eigenvalue weighted by molar-refractivity contribution is 5.72. The van der Waals surface area contributed by atoms with Gasteiger partial charge < -0.3 is 0 Å². The molecule has 0 radical (unpaired) electrons. The van der Waals surface area contributed by atoms with Crippen LogP contribution in [0.25, 0.3) is 5.57 Å². The van der Waals surface area contributed by atoms with E-state index in [1.165, 1.54) is 62.5 Å². The maximum atomic E-state index is 9.29. The van der Waals surface area contributed by atoms with Gasteiger partial charge in [0.25, 0.3) is 0 Å². The highest BCUT2D eigenvalue weighted by atomic mass is 14.5. The number of hydrogen-bond acceptors (Lipinski definition) is 1. The molecule has 0 heterocycles. The van der Waals surface area contributed by atoms with Gasteiger partial charge in [0.05, 0.1) is 6.07 Å². The van der Waals surface area contributed by atoms with Crippen molar-refractivity contribution in [3.05, 3.63) is 42.0 Å². The first-order valence-corrected chi connectivity index (χ1v) is 8.02. The normalized spacial score (nSPS) is 22.9. The third kappa shape index (κ3) is 2.29. The van der Waals surface area contributed by atoms with Crippen molar-refractivity contribution in [2.24, 2.45) is 11.3 Å². The van der Waals surface area contributed by atoms with Crippen molar-refractivity contribution in [2.45, 2.75) is 51.4 Å². The van der Waals surface area contributed by atoms with Gasteiger partial charge in [-0.1, -0.05) is 56.0 Å². The first-order valence-electron chi connectivity index (χ1n) is 8.02. The Morgan fingerprint density at radius 3 is 2.30 bits per heavy atom. The van der Waals surface area contributed by atoms with Gasteiger partial charge in [0.1, 0.15) is 0 Å². The van der Waals surface area contributed by atoms with E-state index >= 15 is 0 Å². The SMILES string of the molecule is N#C/C=C(\c1ccccc1)C1(C2CCC2)CCCCC1. The highest BCUT2D eigenvalue weighted by Gasteiger charge is 2.45. The molecular formula is C19H23N. The molecule has 0 N–H and O–H groups in total. The van der Waals surface area contributed by atoms with Crippen LogP contribution >= 0.6 is 0 Å². The first kappa shape index (κ1) is 13.4. The van der Waals surface area contributed by atoms with Crippen LogP contribution in [0, 0.1) is 22.7 Å². The van der Waals surface area contributed by atoms with E-state index in [9.17, 15) is 5.26 Å². The van der Waals surface area contributed by atoms with E-state index in [1.54, 1.807) is 0 Å². The molecule has 1 nitrogen and oxygen atoms in total. The summed E-state index contributed by atoms with van der Waals surface area (Å²) in [6, 6.07) is 12.9. The third-order valence-electron chi connectivity index (χ3n) is 5.46. The van der Waals surface area contributed by atoms with Gasteiger partial charge in [0.15, 0.2) is 0 Å². The fourth-order valence-electron chi connectivity index (χ4n) is 4.24. The second-order valence-electron chi connectivity index (χ2n) is 6.40. The maximum absolute atomic E-state index is 9.29. The predicted octanol–water partition coefficient (Wildman–Crippen LogP) is 5.34. The lowest BCUT2D eigenvalue weighted by Gasteiger charge is -2.49. The van der Waals surface area contributed by atoms with Gasteiger partial charge in [-0.2, -0.15) is 5.26 Å². The van der Waals surface area contributed by atoms with E-state index in [2.05, 4.69) is 36.4 Å². The van der Waals surface area contributed by atoms with Crippen LogP contribution in [-0.2, 0) is 0 Å². The molecule has 2 aliphatic rings. The summed E-state index contributed by atoms with van der Waals surface area (Å²) in [7, 11) is 0. The van der Waals surface area contributed by atoms with Crippen LogP contribution in [0.3, 0.4) is 0 Å². The molecule has 104 valence electrons. The van der Waals surface area contributed by atoms with Gasteiger partial charge >= 0.3 is 0 Å². The summed E-state index contributed by atoms with van der Waals surface area (Å²) < 4.78 is 0. The van der Waals surface area contributed by atoms with Crippen LogP contribution in [0.5, 0.6) is 0 Å². The molecule has 0 atom stereocenters. The van der Waals surface area contributed by atoms with Gasteiger partial charge in [-0.3, -0.25) is 0 Å². The topological polar surface area (TPSA) is 23.8 Å². The summed E-state index contributed by atoms with van der Waals surface area (Å²) in [5.74, 6) is 0.808. The maximum Gasteiger partial charge on any atom is 0.0915 e. The Morgan fingerprint density at radius 2 is 1.75 bits per heavy atom. The lowest BCUT2D eigenvalue weighted by molar-refractivity contribution is 0.0982. The van der Waals surface area contributed by atoms with E-state index in [1.807, 2.05) is 6.08 Å². The summed E-state index contributed by atoms with van der Waals surface area (Å²) in [5, 5.41) is 9.29. The Labute approximate surface area is 122 Å². The van der Waals surface area contributed by atoms with Crippen molar-refractivity contribution in [1.82, 2.24) is 0 Å². The van der Waals surface area contributed by atoms with E-state index < -0.39 is 0 Å². The summed E-state index contributed by atoms with van der Waals surface area (Å²) in [6.07, 6.45) is 12.5. The number of nitrogens with zero attached hydrogens (tertiary/aromatic N) is 1. The molecule has 2 aliphatic carbocycles. The second-order valence-corrected chi connectivity index (χ2v) is 6.40. The Bertz CT molecular complexity index is 510. The zero-order chi connectivity index (χ0) is 13.8. The molecule has 2 saturated carbocycles. The lowest BCUT2D eigenvalue weighted by atomic mass is 9.55. The van der Waals surface area contributed by atoms with E-state index in [-0.39, 0.29) is 5.41 Å². The van der Waals surface area contributed by atoms with Crippen molar-refractivity contribution < 1.29 is 0 Å². The average Bonchev–Trinajstić information content (AvgIpc) is 2.45. The molecular weight excluding hydrogens is 242 g/mol. The van der Waals surface area contributed by atoms with Gasteiger partial charge in [-0.05, 0) is 48.2 Å². The quantitative estimate of drug-likeness (QED) is 0.676. The minimum atomic E-state index is 0.285. The van der Waals surface area contributed by atoms with E-state index in [0.29, 0.717) is 0 Å². The molecule has 1 aromatic rings. The summed E-state index contributed by atoms with van der Waals surface area (Å²) in [6.45, 7) is 0. The summed E-state index contributed by atoms with van der Waals surface area (Å²) >= 11 is 0. The number of benzene rings is 1. The van der Waals surface area contributed by atoms with Crippen molar-refractivity contribution in [2.75, 3.05) is 0 Å². The molecule has 0 aromatic heterocycles. The Hall–Kier alpha value is -1.55. The summed E-state index contributed by atoms with van der Waals surface area (Å²) in [5.41, 5.74) is 2.88. The van der Waals surface area contributed by atoms with Gasteiger partial charge in [0.2, 0.25) is 0 Å². The first-order chi connectivity index (χ1) is 9.87. The molecule has 0 aliphatic heterocycles. The fourth-order valence-corrected chi connectivity index (χ4v) is 4.24. The molecule has 0 bridgehead atoms. The van der Waals surface area contributed by atoms with Crippen LogP contribution < -0.4 is 0 Å². The van der Waals surface area contributed by atoms with Crippen LogP contribution in [0.1, 0.15) is 56.9 Å². The lowest BCUT2D eigenvalue weighted by Crippen LogP contribution is -2.38. The number of hydrogen-bond donors (Lipinski definition) is 0. The van der Waals surface area contributed by atoms with Gasteiger partial charge in [-0.25, -0.2) is 0 Å². The van der Waals surface area contributed by atoms with Crippen molar-refractivity contribution in [3.63, 3.8) is 0 Å². The van der Waals surface area contributed by atoms with Crippen molar-refractivity contribution >= 4 is 5.57 Å². The van der Waals surface area contributed by atoms with E-state index in [0.717, 1.165) is 5.92 Å². The molecule has 3 rings (SSSR count). The standard InChI is InChI=1S/C19H23N/c20-15-12-18(16-8-3-1-4-9-16)19(17-10-7-11-17)13-5-2-6-14-19/h1,3-4,8-9,12,17H,2,5-7,10-11,13-14H2/b18-12+. The van der Waals surface area contributed by atoms with Crippen LogP contribution in [0.2, 0.25) is 0 Å². The zero-order valence-corrected chi connectivity index (χ0v) is 12.1. The molecule has 0 saturated heterocycles. The second kappa shape index (κ2) is 5.83. The molecule has 0 amide bonds. The highest BCUT2D eigenvalue weighted by Crippen LogP contribution is 2.57. The zero-order valence-electron chi connectivity index (χ0n) is 12.1. The Morgan fingerprint density at radius 1 is 1.05 bits per heavy atom. The molecule has 1 aromatic carbocycles. The molecule has 20 heavy (non-hydrogen) atoms. The predicted molar refractivity (Wildman–Crippen MR) is 82.9 cm³/mol. The van der Waals surface area contributed by atoms with Crippen LogP contribution in [0.15, 0.2) is 36.4 Å². The fraction of sp³-hybridized carbons (Fsp3) is 0.526. The third-order valence-corrected chi connectivity index (χ3v) is 5.46. The number of nitriles is 1. The average molecular weight is 265 g/mol. The number of rotatable bonds is 3. The Balaban J connectivity index is 2.03. The Kier molecular flexibility index (Phi) is 3.92. The monoisotopic (exact) mass is 265 g/mol.